The van der Waals surface area contributed by atoms with E-state index in [1.54, 1.807) is 0 Å². The fraction of sp³-hybridized carbons (Fsp3) is 0.222. The Hall–Kier alpha value is -2.27. The van der Waals surface area contributed by atoms with Crippen molar-refractivity contribution >= 4 is 11.8 Å². The highest BCUT2D eigenvalue weighted by molar-refractivity contribution is 7.98. The van der Waals surface area contributed by atoms with E-state index in [0.29, 0.717) is 11.1 Å². The lowest BCUT2D eigenvalue weighted by Crippen LogP contribution is -1.95. The molecule has 0 unspecified atom stereocenters. The van der Waals surface area contributed by atoms with Crippen LogP contribution in [-0.2, 0) is 12.4 Å². The summed E-state index contributed by atoms with van der Waals surface area (Å²) in [6.45, 7) is 4.42. The summed E-state index contributed by atoms with van der Waals surface area (Å²) in [5, 5.41) is 8.64. The van der Waals surface area contributed by atoms with Gasteiger partial charge in [-0.05, 0) is 37.1 Å². The third-order valence-corrected chi connectivity index (χ3v) is 4.31. The summed E-state index contributed by atoms with van der Waals surface area (Å²) >= 11 is 1.54. The van der Waals surface area contributed by atoms with E-state index in [2.05, 4.69) is 29.3 Å². The fourth-order valence-corrected chi connectivity index (χ4v) is 2.90. The summed E-state index contributed by atoms with van der Waals surface area (Å²) in [5.41, 5.74) is 3.74. The summed E-state index contributed by atoms with van der Waals surface area (Å²) in [4.78, 5) is 0. The summed E-state index contributed by atoms with van der Waals surface area (Å²) in [6, 6.07) is 16.2. The third-order valence-electron chi connectivity index (χ3n) is 3.44. The largest absolute Gasteiger partial charge is 0.484 e. The standard InChI is InChI=1S/C18H18N2O2S/c1-13-7-9-16(10-8-13)21-11-17-19-20-18(22-17)23-12-15-6-4-3-5-14(15)2/h3-10H,11-12H2,1-2H3. The third kappa shape index (κ3) is 4.36. The number of hydrogen-bond donors (Lipinski definition) is 0. The average Bonchev–Trinajstić information content (AvgIpc) is 3.02. The second-order valence-electron chi connectivity index (χ2n) is 5.28. The number of nitrogens with zero attached hydrogens (tertiary/aromatic N) is 2. The van der Waals surface area contributed by atoms with Crippen molar-refractivity contribution in [2.45, 2.75) is 31.4 Å². The number of aromatic nitrogens is 2. The van der Waals surface area contributed by atoms with Gasteiger partial charge in [-0.3, -0.25) is 0 Å². The van der Waals surface area contributed by atoms with Gasteiger partial charge >= 0.3 is 0 Å². The minimum Gasteiger partial charge on any atom is -0.484 e. The molecule has 0 radical (unpaired) electrons. The van der Waals surface area contributed by atoms with Gasteiger partial charge in [-0.2, -0.15) is 0 Å². The highest BCUT2D eigenvalue weighted by Crippen LogP contribution is 2.23. The van der Waals surface area contributed by atoms with Crippen LogP contribution < -0.4 is 4.74 Å². The predicted molar refractivity (Wildman–Crippen MR) is 90.5 cm³/mol. The summed E-state index contributed by atoms with van der Waals surface area (Å²) in [7, 11) is 0. The second kappa shape index (κ2) is 7.33. The van der Waals surface area contributed by atoms with Crippen LogP contribution in [0.2, 0.25) is 0 Å². The van der Waals surface area contributed by atoms with Crippen LogP contribution in [0.3, 0.4) is 0 Å². The highest BCUT2D eigenvalue weighted by Gasteiger charge is 2.08. The van der Waals surface area contributed by atoms with E-state index in [9.17, 15) is 0 Å². The van der Waals surface area contributed by atoms with Gasteiger partial charge in [0.2, 0.25) is 0 Å². The van der Waals surface area contributed by atoms with Crippen LogP contribution in [0.25, 0.3) is 0 Å². The van der Waals surface area contributed by atoms with Crippen LogP contribution in [0.1, 0.15) is 22.6 Å². The highest BCUT2D eigenvalue weighted by atomic mass is 32.2. The Morgan fingerprint density at radius 1 is 1.00 bits per heavy atom. The molecule has 1 heterocycles. The Labute approximate surface area is 139 Å². The van der Waals surface area contributed by atoms with Crippen molar-refractivity contribution in [2.24, 2.45) is 0 Å². The number of benzene rings is 2. The van der Waals surface area contributed by atoms with Gasteiger partial charge in [0, 0.05) is 5.75 Å². The molecule has 118 valence electrons. The molecule has 3 rings (SSSR count). The lowest BCUT2D eigenvalue weighted by Gasteiger charge is -2.03. The molecule has 0 saturated carbocycles. The van der Waals surface area contributed by atoms with Crippen LogP contribution >= 0.6 is 11.8 Å². The second-order valence-corrected chi connectivity index (χ2v) is 6.21. The van der Waals surface area contributed by atoms with E-state index in [-0.39, 0.29) is 6.61 Å². The molecule has 3 aromatic rings. The van der Waals surface area contributed by atoms with E-state index in [0.717, 1.165) is 11.5 Å². The molecule has 0 bridgehead atoms. The maximum absolute atomic E-state index is 5.64. The number of rotatable bonds is 6. The quantitative estimate of drug-likeness (QED) is 0.622. The van der Waals surface area contributed by atoms with E-state index in [1.807, 2.05) is 43.3 Å². The fourth-order valence-electron chi connectivity index (χ4n) is 2.05. The van der Waals surface area contributed by atoms with Crippen molar-refractivity contribution in [1.82, 2.24) is 10.2 Å². The smallest absolute Gasteiger partial charge is 0.277 e. The van der Waals surface area contributed by atoms with Crippen LogP contribution in [-0.4, -0.2) is 10.2 Å². The van der Waals surface area contributed by atoms with E-state index in [1.165, 1.54) is 28.5 Å². The molecule has 0 spiro atoms. The van der Waals surface area contributed by atoms with E-state index >= 15 is 0 Å². The molecule has 0 fully saturated rings. The van der Waals surface area contributed by atoms with Gasteiger partial charge in [0.25, 0.3) is 11.1 Å². The first-order chi connectivity index (χ1) is 11.2. The first-order valence-corrected chi connectivity index (χ1v) is 8.38. The molecular weight excluding hydrogens is 308 g/mol. The zero-order chi connectivity index (χ0) is 16.1. The Bertz CT molecular complexity index is 769. The molecule has 0 aliphatic rings. The Morgan fingerprint density at radius 3 is 2.57 bits per heavy atom. The molecule has 23 heavy (non-hydrogen) atoms. The van der Waals surface area contributed by atoms with Crippen molar-refractivity contribution in [2.75, 3.05) is 0 Å². The summed E-state index contributed by atoms with van der Waals surface area (Å²) in [6.07, 6.45) is 0. The number of ether oxygens (including phenoxy) is 1. The molecule has 1 aromatic heterocycles. The van der Waals surface area contributed by atoms with Gasteiger partial charge in [-0.15, -0.1) is 10.2 Å². The molecule has 0 N–H and O–H groups in total. The van der Waals surface area contributed by atoms with Crippen LogP contribution in [0, 0.1) is 13.8 Å². The summed E-state index contributed by atoms with van der Waals surface area (Å²) < 4.78 is 11.2. The van der Waals surface area contributed by atoms with E-state index in [4.69, 9.17) is 9.15 Å². The normalized spacial score (nSPS) is 10.7. The van der Waals surface area contributed by atoms with Crippen LogP contribution in [0.4, 0.5) is 0 Å². The molecule has 4 nitrogen and oxygen atoms in total. The SMILES string of the molecule is Cc1ccc(OCc2nnc(SCc3ccccc3C)o2)cc1. The zero-order valence-corrected chi connectivity index (χ0v) is 14.0. The Morgan fingerprint density at radius 2 is 1.78 bits per heavy atom. The molecule has 5 heteroatoms. The minimum atomic E-state index is 0.279. The van der Waals surface area contributed by atoms with Crippen molar-refractivity contribution in [3.8, 4) is 5.75 Å². The Kier molecular flexibility index (Phi) is 4.98. The molecule has 0 atom stereocenters. The number of thioether (sulfide) groups is 1. The summed E-state index contributed by atoms with van der Waals surface area (Å²) in [5.74, 6) is 2.09. The topological polar surface area (TPSA) is 48.2 Å². The van der Waals surface area contributed by atoms with E-state index < -0.39 is 0 Å². The number of aryl methyl sites for hydroxylation is 2. The number of hydrogen-bond acceptors (Lipinski definition) is 5. The molecule has 0 saturated heterocycles. The first-order valence-electron chi connectivity index (χ1n) is 7.40. The molecule has 0 aliphatic heterocycles. The van der Waals surface area contributed by atoms with Crippen molar-refractivity contribution in [3.63, 3.8) is 0 Å². The lowest BCUT2D eigenvalue weighted by molar-refractivity contribution is 0.252. The minimum absolute atomic E-state index is 0.279. The van der Waals surface area contributed by atoms with Gasteiger partial charge in [0.05, 0.1) is 0 Å². The monoisotopic (exact) mass is 326 g/mol. The van der Waals surface area contributed by atoms with Crippen molar-refractivity contribution < 1.29 is 9.15 Å². The molecular formula is C18H18N2O2S. The average molecular weight is 326 g/mol. The van der Waals surface area contributed by atoms with Crippen LogP contribution in [0.15, 0.2) is 58.2 Å². The maximum Gasteiger partial charge on any atom is 0.277 e. The van der Waals surface area contributed by atoms with Gasteiger partial charge in [0.1, 0.15) is 5.75 Å². The predicted octanol–water partition coefficient (Wildman–Crippen LogP) is 4.56. The zero-order valence-electron chi connectivity index (χ0n) is 13.2. The van der Waals surface area contributed by atoms with Gasteiger partial charge in [-0.25, -0.2) is 0 Å². The molecule has 0 aliphatic carbocycles. The molecule has 0 amide bonds. The maximum atomic E-state index is 5.64. The van der Waals surface area contributed by atoms with Gasteiger partial charge < -0.3 is 9.15 Å². The van der Waals surface area contributed by atoms with Gasteiger partial charge in [-0.1, -0.05) is 53.7 Å². The van der Waals surface area contributed by atoms with Crippen LogP contribution in [0.5, 0.6) is 5.75 Å². The van der Waals surface area contributed by atoms with Crippen molar-refractivity contribution in [3.05, 3.63) is 71.1 Å². The molecule has 2 aromatic carbocycles. The first kappa shape index (κ1) is 15.6. The van der Waals surface area contributed by atoms with Gasteiger partial charge in [0.15, 0.2) is 6.61 Å². The Balaban J connectivity index is 1.53. The van der Waals surface area contributed by atoms with Crippen molar-refractivity contribution in [1.29, 1.82) is 0 Å². The lowest BCUT2D eigenvalue weighted by atomic mass is 10.1.